The van der Waals surface area contributed by atoms with Crippen LogP contribution >= 0.6 is 0 Å². The Labute approximate surface area is 131 Å². The number of hydrogen-bond donors (Lipinski definition) is 2. The zero-order valence-corrected chi connectivity index (χ0v) is 12.1. The second-order valence-corrected chi connectivity index (χ2v) is 4.97. The zero-order valence-electron chi connectivity index (χ0n) is 12.1. The van der Waals surface area contributed by atoms with Crippen LogP contribution in [0.5, 0.6) is 0 Å². The lowest BCUT2D eigenvalue weighted by atomic mass is 10.2. The summed E-state index contributed by atoms with van der Waals surface area (Å²) >= 11 is 0. The van der Waals surface area contributed by atoms with Crippen LogP contribution in [0.15, 0.2) is 59.5 Å². The van der Waals surface area contributed by atoms with Gasteiger partial charge in [0, 0.05) is 11.8 Å². The molecule has 0 fully saturated rings. The first-order chi connectivity index (χ1) is 11.1. The molecule has 23 heavy (non-hydrogen) atoms. The number of aliphatic hydroxyl groups excluding tert-OH is 1. The Hall–Kier alpha value is -2.77. The van der Waals surface area contributed by atoms with Gasteiger partial charge in [-0.2, -0.15) is 4.98 Å². The first-order valence-electron chi connectivity index (χ1n) is 7.07. The molecule has 0 aliphatic carbocycles. The van der Waals surface area contributed by atoms with Gasteiger partial charge in [0.05, 0.1) is 6.61 Å². The number of nitrogens with one attached hydrogen (secondary N) is 1. The van der Waals surface area contributed by atoms with Crippen molar-refractivity contribution in [3.05, 3.63) is 70.8 Å². The van der Waals surface area contributed by atoms with Crippen LogP contribution in [0, 0.1) is 0 Å². The van der Waals surface area contributed by atoms with Crippen molar-refractivity contribution in [3.63, 3.8) is 0 Å². The van der Waals surface area contributed by atoms with Gasteiger partial charge in [0.25, 0.3) is 5.91 Å². The van der Waals surface area contributed by atoms with E-state index in [4.69, 9.17) is 4.74 Å². The van der Waals surface area contributed by atoms with Crippen LogP contribution in [0.2, 0.25) is 0 Å². The Bertz CT molecular complexity index is 785. The molecule has 1 aliphatic heterocycles. The Kier molecular flexibility index (Phi) is 4.31. The van der Waals surface area contributed by atoms with E-state index in [-0.39, 0.29) is 11.7 Å². The molecule has 2 N–H and O–H groups in total. The monoisotopic (exact) mass is 313 g/mol. The number of carbonyl (C=O) groups excluding carboxylic acids is 1. The van der Waals surface area contributed by atoms with Crippen molar-refractivity contribution >= 4 is 11.7 Å². The lowest BCUT2D eigenvalue weighted by molar-refractivity contribution is -0.0643. The summed E-state index contributed by atoms with van der Waals surface area (Å²) in [5.74, 6) is -0.215. The fourth-order valence-electron chi connectivity index (χ4n) is 2.24. The summed E-state index contributed by atoms with van der Waals surface area (Å²) in [6.45, 7) is 0.306. The zero-order chi connectivity index (χ0) is 16.2. The van der Waals surface area contributed by atoms with Gasteiger partial charge in [-0.15, -0.1) is 0 Å². The average molecular weight is 313 g/mol. The largest absolute Gasteiger partial charge is 0.384 e. The third kappa shape index (κ3) is 3.36. The summed E-state index contributed by atoms with van der Waals surface area (Å²) in [5.41, 5.74) is -0.148. The van der Waals surface area contributed by atoms with Crippen LogP contribution in [0.3, 0.4) is 0 Å². The second kappa shape index (κ2) is 6.55. The molecule has 1 amide bonds. The van der Waals surface area contributed by atoms with Crippen molar-refractivity contribution in [2.45, 2.75) is 12.3 Å². The lowest BCUT2D eigenvalue weighted by Crippen LogP contribution is -2.36. The highest BCUT2D eigenvalue weighted by atomic mass is 16.5. The molecule has 0 saturated heterocycles. The summed E-state index contributed by atoms with van der Waals surface area (Å²) in [7, 11) is 0. The summed E-state index contributed by atoms with van der Waals surface area (Å²) in [6, 6.07) is 10.1. The standard InChI is InChI=1S/C16H15N3O4/c20-12-7-4-10-23-15(12)19-9-8-13(18-16(19)22)17-14(21)11-5-2-1-3-6-11/h1-9,12,15,20H,10H2,(H,17,18,21,22)/t12-,15-/m0/s1. The minimum atomic E-state index is -0.923. The predicted octanol–water partition coefficient (Wildman–Crippen LogP) is 0.941. The minimum absolute atomic E-state index is 0.140. The van der Waals surface area contributed by atoms with Crippen LogP contribution in [-0.4, -0.2) is 33.3 Å². The van der Waals surface area contributed by atoms with E-state index in [9.17, 15) is 14.7 Å². The molecule has 0 bridgehead atoms. The van der Waals surface area contributed by atoms with Gasteiger partial charge in [-0.3, -0.25) is 9.36 Å². The molecule has 0 unspecified atom stereocenters. The SMILES string of the molecule is O=C(Nc1ccn([C@H]2OCC=C[C@@H]2O)c(=O)n1)c1ccccc1. The molecular formula is C16H15N3O4. The first kappa shape index (κ1) is 15.1. The fraction of sp³-hybridized carbons (Fsp3) is 0.188. The highest BCUT2D eigenvalue weighted by Crippen LogP contribution is 2.17. The van der Waals surface area contributed by atoms with Gasteiger partial charge in [0.1, 0.15) is 11.9 Å². The number of nitrogens with zero attached hydrogens (tertiary/aromatic N) is 2. The molecule has 0 saturated carbocycles. The average Bonchev–Trinajstić information content (AvgIpc) is 2.57. The van der Waals surface area contributed by atoms with Crippen LogP contribution in [-0.2, 0) is 4.74 Å². The van der Waals surface area contributed by atoms with E-state index in [0.717, 1.165) is 0 Å². The Morgan fingerprint density at radius 2 is 2.09 bits per heavy atom. The van der Waals surface area contributed by atoms with Gasteiger partial charge in [-0.1, -0.05) is 30.4 Å². The third-order valence-electron chi connectivity index (χ3n) is 3.37. The van der Waals surface area contributed by atoms with E-state index in [1.54, 1.807) is 42.5 Å². The van der Waals surface area contributed by atoms with E-state index in [1.807, 2.05) is 0 Å². The molecular weight excluding hydrogens is 298 g/mol. The Morgan fingerprint density at radius 1 is 1.30 bits per heavy atom. The van der Waals surface area contributed by atoms with Crippen molar-refractivity contribution in [2.24, 2.45) is 0 Å². The van der Waals surface area contributed by atoms with Crippen molar-refractivity contribution in [1.82, 2.24) is 9.55 Å². The molecule has 1 aromatic carbocycles. The van der Waals surface area contributed by atoms with Crippen LogP contribution in [0.4, 0.5) is 5.82 Å². The maximum Gasteiger partial charge on any atom is 0.351 e. The molecule has 2 aromatic rings. The molecule has 1 aliphatic rings. The van der Waals surface area contributed by atoms with E-state index in [1.165, 1.54) is 16.8 Å². The first-order valence-corrected chi connectivity index (χ1v) is 7.07. The molecule has 2 atom stereocenters. The van der Waals surface area contributed by atoms with Crippen LogP contribution in [0.25, 0.3) is 0 Å². The summed E-state index contributed by atoms with van der Waals surface area (Å²) < 4.78 is 6.53. The van der Waals surface area contributed by atoms with E-state index in [2.05, 4.69) is 10.3 Å². The molecule has 7 heteroatoms. The number of benzene rings is 1. The normalized spacial score (nSPS) is 20.2. The number of ether oxygens (including phenoxy) is 1. The Morgan fingerprint density at radius 3 is 2.78 bits per heavy atom. The molecule has 1 aromatic heterocycles. The molecule has 0 spiro atoms. The van der Waals surface area contributed by atoms with Crippen molar-refractivity contribution < 1.29 is 14.6 Å². The van der Waals surface area contributed by atoms with Gasteiger partial charge < -0.3 is 15.2 Å². The topological polar surface area (TPSA) is 93.5 Å². The van der Waals surface area contributed by atoms with Gasteiger partial charge in [0.15, 0.2) is 6.23 Å². The van der Waals surface area contributed by atoms with E-state index in [0.29, 0.717) is 12.2 Å². The van der Waals surface area contributed by atoms with Crippen LogP contribution < -0.4 is 11.0 Å². The van der Waals surface area contributed by atoms with Crippen molar-refractivity contribution in [1.29, 1.82) is 0 Å². The van der Waals surface area contributed by atoms with Crippen molar-refractivity contribution in [3.8, 4) is 0 Å². The highest BCUT2D eigenvalue weighted by molar-refractivity contribution is 6.03. The van der Waals surface area contributed by atoms with Crippen LogP contribution in [0.1, 0.15) is 16.6 Å². The molecule has 0 radical (unpaired) electrons. The Balaban J connectivity index is 1.78. The minimum Gasteiger partial charge on any atom is -0.384 e. The van der Waals surface area contributed by atoms with Gasteiger partial charge >= 0.3 is 5.69 Å². The van der Waals surface area contributed by atoms with Gasteiger partial charge in [-0.05, 0) is 18.2 Å². The number of aliphatic hydroxyl groups is 1. The molecule has 2 heterocycles. The maximum absolute atomic E-state index is 12.1. The molecule has 7 nitrogen and oxygen atoms in total. The number of anilines is 1. The summed E-state index contributed by atoms with van der Waals surface area (Å²) in [6.07, 6.45) is 2.93. The number of amides is 1. The number of rotatable bonds is 3. The third-order valence-corrected chi connectivity index (χ3v) is 3.37. The summed E-state index contributed by atoms with van der Waals surface area (Å²) in [4.78, 5) is 27.9. The molecule has 3 rings (SSSR count). The van der Waals surface area contributed by atoms with Gasteiger partial charge in [-0.25, -0.2) is 4.79 Å². The van der Waals surface area contributed by atoms with E-state index < -0.39 is 18.0 Å². The van der Waals surface area contributed by atoms with Crippen molar-refractivity contribution in [2.75, 3.05) is 11.9 Å². The predicted molar refractivity (Wildman–Crippen MR) is 83.0 cm³/mol. The quantitative estimate of drug-likeness (QED) is 0.823. The highest BCUT2D eigenvalue weighted by Gasteiger charge is 2.23. The number of aromatic nitrogens is 2. The number of carbonyl (C=O) groups is 1. The number of hydrogen-bond acceptors (Lipinski definition) is 5. The lowest BCUT2D eigenvalue weighted by Gasteiger charge is -2.25. The summed E-state index contributed by atoms with van der Waals surface area (Å²) in [5, 5.41) is 12.4. The second-order valence-electron chi connectivity index (χ2n) is 4.97. The molecule has 118 valence electrons. The fourth-order valence-corrected chi connectivity index (χ4v) is 2.24. The smallest absolute Gasteiger partial charge is 0.351 e. The maximum atomic E-state index is 12.1. The van der Waals surface area contributed by atoms with E-state index >= 15 is 0 Å². The van der Waals surface area contributed by atoms with Gasteiger partial charge in [0.2, 0.25) is 0 Å².